The Kier molecular flexibility index (Phi) is 5.45. The van der Waals surface area contributed by atoms with Gasteiger partial charge in [-0.25, -0.2) is 0 Å². The number of rotatable bonds is 6. The van der Waals surface area contributed by atoms with E-state index in [0.29, 0.717) is 23.2 Å². The summed E-state index contributed by atoms with van der Waals surface area (Å²) in [4.78, 5) is 11.7. The molecule has 0 fully saturated rings. The monoisotopic (exact) mass is 372 g/mol. The highest BCUT2D eigenvalue weighted by atomic mass is 19.4. The number of carbonyl (C=O) groups is 1. The van der Waals surface area contributed by atoms with Crippen LogP contribution in [0.25, 0.3) is 11.1 Å². The quantitative estimate of drug-likeness (QED) is 0.525. The minimum atomic E-state index is -4.78. The summed E-state index contributed by atoms with van der Waals surface area (Å²) in [5, 5.41) is 0. The Morgan fingerprint density at radius 1 is 0.889 bits per heavy atom. The molecule has 0 aliphatic carbocycles. The minimum absolute atomic E-state index is 0.262. The normalized spacial score (nSPS) is 11.1. The number of ether oxygens (including phenoxy) is 2. The maximum atomic E-state index is 12.4. The zero-order chi connectivity index (χ0) is 19.3. The number of halogens is 3. The number of hydrogen-bond donors (Lipinski definition) is 0. The fraction of sp³-hybridized carbons (Fsp3) is 0.0952. The molecule has 0 aliphatic rings. The van der Waals surface area contributed by atoms with Crippen LogP contribution in [0.1, 0.15) is 15.9 Å². The van der Waals surface area contributed by atoms with E-state index in [1.807, 2.05) is 30.3 Å². The summed E-state index contributed by atoms with van der Waals surface area (Å²) in [5.74, 6) is 0.000881. The molecular formula is C21H15F3O3. The smallest absolute Gasteiger partial charge is 0.488 e. The lowest BCUT2D eigenvalue weighted by Gasteiger charge is -2.14. The molecule has 0 saturated carbocycles. The summed E-state index contributed by atoms with van der Waals surface area (Å²) in [6.07, 6.45) is -4.15. The molecule has 0 unspecified atom stereocenters. The van der Waals surface area contributed by atoms with E-state index in [0.717, 1.165) is 5.56 Å². The van der Waals surface area contributed by atoms with Gasteiger partial charge in [0.15, 0.2) is 6.29 Å². The Morgan fingerprint density at radius 2 is 1.63 bits per heavy atom. The first-order chi connectivity index (χ1) is 13.0. The molecule has 3 aromatic carbocycles. The van der Waals surface area contributed by atoms with Crippen molar-refractivity contribution < 1.29 is 27.4 Å². The largest absolute Gasteiger partial charge is 0.573 e. The average molecular weight is 372 g/mol. The number of hydrogen-bond acceptors (Lipinski definition) is 3. The van der Waals surface area contributed by atoms with E-state index in [2.05, 4.69) is 4.74 Å². The van der Waals surface area contributed by atoms with Crippen molar-refractivity contribution in [2.75, 3.05) is 0 Å². The third-order valence-electron chi connectivity index (χ3n) is 3.80. The van der Waals surface area contributed by atoms with Crippen LogP contribution in [0.4, 0.5) is 13.2 Å². The fourth-order valence-corrected chi connectivity index (χ4v) is 2.64. The summed E-state index contributed by atoms with van der Waals surface area (Å²) in [5.41, 5.74) is 2.07. The third kappa shape index (κ3) is 4.88. The van der Waals surface area contributed by atoms with Gasteiger partial charge >= 0.3 is 6.36 Å². The minimum Gasteiger partial charge on any atom is -0.488 e. The molecule has 0 amide bonds. The molecule has 3 nitrogen and oxygen atoms in total. The predicted molar refractivity (Wildman–Crippen MR) is 94.7 cm³/mol. The average Bonchev–Trinajstić information content (AvgIpc) is 2.65. The summed E-state index contributed by atoms with van der Waals surface area (Å²) >= 11 is 0. The van der Waals surface area contributed by atoms with Gasteiger partial charge in [0.25, 0.3) is 0 Å². The SMILES string of the molecule is O=Cc1c(OCc2ccccc2)cccc1-c1cccc(OC(F)(F)F)c1. The van der Waals surface area contributed by atoms with Crippen molar-refractivity contribution in [2.24, 2.45) is 0 Å². The van der Waals surface area contributed by atoms with E-state index >= 15 is 0 Å². The Morgan fingerprint density at radius 3 is 2.33 bits per heavy atom. The first-order valence-corrected chi connectivity index (χ1v) is 8.07. The number of benzene rings is 3. The van der Waals surface area contributed by atoms with E-state index in [-0.39, 0.29) is 17.9 Å². The lowest BCUT2D eigenvalue weighted by Crippen LogP contribution is -2.17. The van der Waals surface area contributed by atoms with Gasteiger partial charge in [-0.2, -0.15) is 0 Å². The molecule has 0 saturated heterocycles. The van der Waals surface area contributed by atoms with E-state index in [1.165, 1.54) is 18.2 Å². The molecule has 0 atom stereocenters. The first-order valence-electron chi connectivity index (χ1n) is 8.07. The van der Waals surface area contributed by atoms with Gasteiger partial charge < -0.3 is 9.47 Å². The van der Waals surface area contributed by atoms with Crippen molar-refractivity contribution in [3.63, 3.8) is 0 Å². The van der Waals surface area contributed by atoms with Crippen LogP contribution < -0.4 is 9.47 Å². The molecule has 0 bridgehead atoms. The molecule has 6 heteroatoms. The van der Waals surface area contributed by atoms with Crippen LogP contribution >= 0.6 is 0 Å². The second-order valence-corrected chi connectivity index (χ2v) is 5.69. The molecular weight excluding hydrogens is 357 g/mol. The summed E-state index contributed by atoms with van der Waals surface area (Å²) in [6.45, 7) is 0.266. The zero-order valence-corrected chi connectivity index (χ0v) is 14.1. The van der Waals surface area contributed by atoms with Crippen LogP contribution in [0.5, 0.6) is 11.5 Å². The molecule has 0 aliphatic heterocycles. The maximum Gasteiger partial charge on any atom is 0.573 e. The summed E-state index contributed by atoms with van der Waals surface area (Å²) in [6, 6.07) is 19.9. The van der Waals surface area contributed by atoms with Crippen molar-refractivity contribution in [1.82, 2.24) is 0 Å². The van der Waals surface area contributed by atoms with Crippen molar-refractivity contribution in [3.05, 3.63) is 83.9 Å². The summed E-state index contributed by atoms with van der Waals surface area (Å²) in [7, 11) is 0. The van der Waals surface area contributed by atoms with Crippen molar-refractivity contribution >= 4 is 6.29 Å². The van der Waals surface area contributed by atoms with Gasteiger partial charge in [0.05, 0.1) is 5.56 Å². The molecule has 138 valence electrons. The Balaban J connectivity index is 1.90. The highest BCUT2D eigenvalue weighted by molar-refractivity contribution is 5.91. The van der Waals surface area contributed by atoms with Crippen LogP contribution in [0, 0.1) is 0 Å². The lowest BCUT2D eigenvalue weighted by atomic mass is 9.99. The number of carbonyl (C=O) groups excluding carboxylic acids is 1. The van der Waals surface area contributed by atoms with Gasteiger partial charge in [-0.15, -0.1) is 13.2 Å². The number of alkyl halides is 3. The molecule has 3 aromatic rings. The van der Waals surface area contributed by atoms with Crippen molar-refractivity contribution in [2.45, 2.75) is 13.0 Å². The van der Waals surface area contributed by atoms with Crippen LogP contribution in [0.15, 0.2) is 72.8 Å². The van der Waals surface area contributed by atoms with Gasteiger partial charge in [-0.1, -0.05) is 54.6 Å². The topological polar surface area (TPSA) is 35.5 Å². The molecule has 3 rings (SSSR count). The lowest BCUT2D eigenvalue weighted by molar-refractivity contribution is -0.274. The Labute approximate surface area is 154 Å². The van der Waals surface area contributed by atoms with E-state index in [9.17, 15) is 18.0 Å². The Hall–Kier alpha value is -3.28. The van der Waals surface area contributed by atoms with Gasteiger partial charge in [0, 0.05) is 0 Å². The van der Waals surface area contributed by atoms with Crippen molar-refractivity contribution in [1.29, 1.82) is 0 Å². The highest BCUT2D eigenvalue weighted by Crippen LogP contribution is 2.33. The van der Waals surface area contributed by atoms with Crippen LogP contribution in [-0.4, -0.2) is 12.6 Å². The van der Waals surface area contributed by atoms with E-state index < -0.39 is 6.36 Å². The maximum absolute atomic E-state index is 12.4. The molecule has 0 radical (unpaired) electrons. The van der Waals surface area contributed by atoms with Crippen LogP contribution in [0.2, 0.25) is 0 Å². The molecule has 0 spiro atoms. The fourth-order valence-electron chi connectivity index (χ4n) is 2.64. The Bertz CT molecular complexity index is 921. The molecule has 0 N–H and O–H groups in total. The predicted octanol–water partition coefficient (Wildman–Crippen LogP) is 5.64. The third-order valence-corrected chi connectivity index (χ3v) is 3.80. The zero-order valence-electron chi connectivity index (χ0n) is 14.1. The second kappa shape index (κ2) is 7.95. The van der Waals surface area contributed by atoms with Gasteiger partial charge in [0.1, 0.15) is 18.1 Å². The second-order valence-electron chi connectivity index (χ2n) is 5.69. The number of aldehydes is 1. The molecule has 0 aromatic heterocycles. The van der Waals surface area contributed by atoms with Gasteiger partial charge in [-0.05, 0) is 34.9 Å². The summed E-state index contributed by atoms with van der Waals surface area (Å²) < 4.78 is 47.0. The molecule has 27 heavy (non-hydrogen) atoms. The van der Waals surface area contributed by atoms with Gasteiger partial charge in [0.2, 0.25) is 0 Å². The van der Waals surface area contributed by atoms with E-state index in [4.69, 9.17) is 4.74 Å². The standard InChI is InChI=1S/C21H15F3O3/c22-21(23,24)27-17-9-4-8-16(12-17)18-10-5-11-20(19(18)13-25)26-14-15-6-2-1-3-7-15/h1-13H,14H2. The highest BCUT2D eigenvalue weighted by Gasteiger charge is 2.31. The molecule has 0 heterocycles. The van der Waals surface area contributed by atoms with Crippen LogP contribution in [0.3, 0.4) is 0 Å². The van der Waals surface area contributed by atoms with Crippen molar-refractivity contribution in [3.8, 4) is 22.6 Å². The first kappa shape index (κ1) is 18.5. The van der Waals surface area contributed by atoms with E-state index in [1.54, 1.807) is 24.3 Å². The van der Waals surface area contributed by atoms with Crippen LogP contribution in [-0.2, 0) is 6.61 Å². The van der Waals surface area contributed by atoms with Gasteiger partial charge in [-0.3, -0.25) is 4.79 Å².